The molecule has 212 valence electrons. The topological polar surface area (TPSA) is 12.9 Å². The number of pyridine rings is 1. The molecule has 0 unspecified atom stereocenters. The Morgan fingerprint density at radius 3 is 1.67 bits per heavy atom. The molecule has 0 atom stereocenters. The quantitative estimate of drug-likeness (QED) is 0.184. The molecule has 0 amide bonds. The molecule has 0 aliphatic heterocycles. The van der Waals surface area contributed by atoms with Crippen molar-refractivity contribution in [2.45, 2.75) is 12.4 Å². The third kappa shape index (κ3) is 5.12. The summed E-state index contributed by atoms with van der Waals surface area (Å²) < 4.78 is 82.6. The molecule has 1 nitrogen and oxygen atoms in total. The van der Waals surface area contributed by atoms with Crippen LogP contribution in [0.1, 0.15) is 11.1 Å². The number of benzene rings is 5. The first-order chi connectivity index (χ1) is 20.5. The summed E-state index contributed by atoms with van der Waals surface area (Å²) >= 11 is 1.76. The maximum Gasteiger partial charge on any atom is 0.416 e. The molecule has 0 fully saturated rings. The summed E-state index contributed by atoms with van der Waals surface area (Å²) in [5.74, 6) is 0. The average molecular weight is 600 g/mol. The first-order valence-electron chi connectivity index (χ1n) is 13.2. The highest BCUT2D eigenvalue weighted by atomic mass is 32.1. The van der Waals surface area contributed by atoms with Crippen LogP contribution in [0.3, 0.4) is 0 Å². The molecule has 43 heavy (non-hydrogen) atoms. The van der Waals surface area contributed by atoms with Crippen molar-refractivity contribution in [3.63, 3.8) is 0 Å². The molecule has 5 aromatic carbocycles. The lowest BCUT2D eigenvalue weighted by molar-refractivity contribution is -0.143. The molecule has 0 N–H and O–H groups in total. The van der Waals surface area contributed by atoms with Gasteiger partial charge >= 0.3 is 12.4 Å². The minimum Gasteiger partial charge on any atom is -0.256 e. The number of fused-ring (bicyclic) bond motifs is 4. The number of nitrogens with zero attached hydrogens (tertiary/aromatic N) is 1. The van der Waals surface area contributed by atoms with Crippen LogP contribution in [0.4, 0.5) is 26.3 Å². The third-order valence-corrected chi connectivity index (χ3v) is 8.68. The van der Waals surface area contributed by atoms with Crippen LogP contribution >= 0.6 is 11.3 Å². The summed E-state index contributed by atoms with van der Waals surface area (Å²) in [4.78, 5) is 4.71. The number of aromatic nitrogens is 1. The Hall–Kier alpha value is -4.69. The summed E-state index contributed by atoms with van der Waals surface area (Å²) in [5, 5.41) is 3.89. The third-order valence-electron chi connectivity index (χ3n) is 7.53. The Balaban J connectivity index is 1.20. The molecular weight excluding hydrogens is 580 g/mol. The summed E-state index contributed by atoms with van der Waals surface area (Å²) in [6, 6.07) is 30.6. The fourth-order valence-corrected chi connectivity index (χ4v) is 6.43. The van der Waals surface area contributed by atoms with Crippen LogP contribution in [0, 0.1) is 0 Å². The van der Waals surface area contributed by atoms with Gasteiger partial charge in [-0.2, -0.15) is 26.3 Å². The van der Waals surface area contributed by atoms with Crippen molar-refractivity contribution in [1.82, 2.24) is 4.98 Å². The number of thiophene rings is 1. The van der Waals surface area contributed by atoms with E-state index in [4.69, 9.17) is 4.98 Å². The Kier molecular flexibility index (Phi) is 6.29. The maximum atomic E-state index is 13.4. The van der Waals surface area contributed by atoms with E-state index >= 15 is 0 Å². The van der Waals surface area contributed by atoms with E-state index in [1.807, 2.05) is 36.4 Å². The minimum atomic E-state index is -4.91. The van der Waals surface area contributed by atoms with Crippen molar-refractivity contribution >= 4 is 42.3 Å². The van der Waals surface area contributed by atoms with Gasteiger partial charge in [0.2, 0.25) is 0 Å². The van der Waals surface area contributed by atoms with Gasteiger partial charge in [-0.05, 0) is 82.1 Å². The van der Waals surface area contributed by atoms with Crippen molar-refractivity contribution < 1.29 is 26.3 Å². The molecule has 2 aromatic heterocycles. The second kappa shape index (κ2) is 9.95. The standard InChI is InChI=1S/C35H19F6NS/c36-34(37,38)27-15-26(16-28(18-27)35(39,40)41)23-8-6-20-13-22(7-5-21(20)14-23)25-9-11-31(42-19-25)24-10-12-33-30(17-24)29-3-1-2-4-32(29)43-33/h1-19H. The van der Waals surface area contributed by atoms with Gasteiger partial charge in [0.05, 0.1) is 16.8 Å². The highest BCUT2D eigenvalue weighted by Gasteiger charge is 2.37. The van der Waals surface area contributed by atoms with Crippen LogP contribution in [0.5, 0.6) is 0 Å². The molecule has 0 bridgehead atoms. The summed E-state index contributed by atoms with van der Waals surface area (Å²) in [5.41, 5.74) is 1.04. The number of hydrogen-bond donors (Lipinski definition) is 0. The summed E-state index contributed by atoms with van der Waals surface area (Å²) in [7, 11) is 0. The first-order valence-corrected chi connectivity index (χ1v) is 14.1. The van der Waals surface area contributed by atoms with Gasteiger partial charge in [0.15, 0.2) is 0 Å². The van der Waals surface area contributed by atoms with Gasteiger partial charge in [0.25, 0.3) is 0 Å². The Bertz CT molecular complexity index is 2130. The van der Waals surface area contributed by atoms with Gasteiger partial charge in [0, 0.05) is 37.5 Å². The molecule has 7 rings (SSSR count). The van der Waals surface area contributed by atoms with Gasteiger partial charge in [-0.3, -0.25) is 4.98 Å². The molecule has 0 spiro atoms. The SMILES string of the molecule is FC(F)(F)c1cc(-c2ccc3cc(-c4ccc(-c5ccc6sc7ccccc7c6c5)nc4)ccc3c2)cc(C(F)(F)F)c1. The highest BCUT2D eigenvalue weighted by Crippen LogP contribution is 2.40. The number of hydrogen-bond acceptors (Lipinski definition) is 2. The van der Waals surface area contributed by atoms with Gasteiger partial charge in [-0.25, -0.2) is 0 Å². The normalized spacial score (nSPS) is 12.4. The van der Waals surface area contributed by atoms with E-state index in [2.05, 4.69) is 30.3 Å². The number of halogens is 6. The zero-order valence-corrected chi connectivity index (χ0v) is 22.9. The highest BCUT2D eigenvalue weighted by molar-refractivity contribution is 7.25. The molecule has 0 aliphatic rings. The Morgan fingerprint density at radius 1 is 0.465 bits per heavy atom. The fraction of sp³-hybridized carbons (Fsp3) is 0.0571. The van der Waals surface area contributed by atoms with E-state index in [9.17, 15) is 26.3 Å². The van der Waals surface area contributed by atoms with Crippen molar-refractivity contribution in [1.29, 1.82) is 0 Å². The largest absolute Gasteiger partial charge is 0.416 e. The molecular formula is C35H19F6NS. The lowest BCUT2D eigenvalue weighted by atomic mass is 9.95. The van der Waals surface area contributed by atoms with E-state index in [1.165, 1.54) is 26.2 Å². The van der Waals surface area contributed by atoms with Gasteiger partial charge in [0.1, 0.15) is 0 Å². The summed E-state index contributed by atoms with van der Waals surface area (Å²) in [6.07, 6.45) is -8.02. The second-order valence-electron chi connectivity index (χ2n) is 10.3. The predicted octanol–water partition coefficient (Wildman–Crippen LogP) is 11.6. The van der Waals surface area contributed by atoms with Gasteiger partial charge in [-0.15, -0.1) is 11.3 Å². The van der Waals surface area contributed by atoms with Gasteiger partial charge in [-0.1, -0.05) is 54.6 Å². The van der Waals surface area contributed by atoms with E-state index in [0.29, 0.717) is 5.39 Å². The zero-order chi connectivity index (χ0) is 29.9. The predicted molar refractivity (Wildman–Crippen MR) is 161 cm³/mol. The Labute approximate surface area is 245 Å². The number of alkyl halides is 6. The van der Waals surface area contributed by atoms with Gasteiger partial charge < -0.3 is 0 Å². The molecule has 2 heterocycles. The van der Waals surface area contributed by atoms with Crippen LogP contribution in [0.15, 0.2) is 115 Å². The average Bonchev–Trinajstić information content (AvgIpc) is 3.37. The molecule has 0 radical (unpaired) electrons. The molecule has 8 heteroatoms. The zero-order valence-electron chi connectivity index (χ0n) is 22.1. The smallest absolute Gasteiger partial charge is 0.256 e. The second-order valence-corrected chi connectivity index (χ2v) is 11.4. The lowest BCUT2D eigenvalue weighted by Crippen LogP contribution is -2.11. The fourth-order valence-electron chi connectivity index (χ4n) is 5.35. The van der Waals surface area contributed by atoms with Crippen LogP contribution in [0.25, 0.3) is 64.5 Å². The Morgan fingerprint density at radius 2 is 1.05 bits per heavy atom. The van der Waals surface area contributed by atoms with E-state index in [1.54, 1.807) is 35.7 Å². The number of rotatable bonds is 3. The minimum absolute atomic E-state index is 0.137. The maximum absolute atomic E-state index is 13.4. The molecule has 0 saturated carbocycles. The first kappa shape index (κ1) is 27.2. The van der Waals surface area contributed by atoms with Crippen LogP contribution in [-0.4, -0.2) is 4.98 Å². The molecule has 7 aromatic rings. The lowest BCUT2D eigenvalue weighted by Gasteiger charge is -2.15. The molecule has 0 saturated heterocycles. The van der Waals surface area contributed by atoms with Crippen molar-refractivity contribution in [3.8, 4) is 33.5 Å². The van der Waals surface area contributed by atoms with Crippen LogP contribution < -0.4 is 0 Å². The van der Waals surface area contributed by atoms with Crippen molar-refractivity contribution in [3.05, 3.63) is 127 Å². The van der Waals surface area contributed by atoms with Crippen molar-refractivity contribution in [2.24, 2.45) is 0 Å². The van der Waals surface area contributed by atoms with E-state index < -0.39 is 23.5 Å². The van der Waals surface area contributed by atoms with Crippen LogP contribution in [0.2, 0.25) is 0 Å². The van der Waals surface area contributed by atoms with E-state index in [-0.39, 0.29) is 17.2 Å². The van der Waals surface area contributed by atoms with Crippen LogP contribution in [-0.2, 0) is 12.4 Å². The molecule has 0 aliphatic carbocycles. The summed E-state index contributed by atoms with van der Waals surface area (Å²) in [6.45, 7) is 0. The van der Waals surface area contributed by atoms with Crippen molar-refractivity contribution in [2.75, 3.05) is 0 Å². The monoisotopic (exact) mass is 599 g/mol. The van der Waals surface area contributed by atoms with E-state index in [0.717, 1.165) is 39.9 Å².